The minimum atomic E-state index is -0.325. The van der Waals surface area contributed by atoms with Gasteiger partial charge in [-0.25, -0.2) is 0 Å². The topological polar surface area (TPSA) is 95.7 Å². The van der Waals surface area contributed by atoms with Crippen LogP contribution in [0.3, 0.4) is 0 Å². The predicted octanol–water partition coefficient (Wildman–Crippen LogP) is 0.668. The summed E-state index contributed by atoms with van der Waals surface area (Å²) in [6.45, 7) is 4.25. The maximum absolute atomic E-state index is 12.7. The van der Waals surface area contributed by atoms with E-state index in [0.29, 0.717) is 6.54 Å². The standard InChI is InChI=1S/C20H28N4O3/c1-2-14-5-3-4-6-17(14)24-12-15(11-19(24)26)20(27)22-16-7-9-23(10-8-16)13-18(21)25/h3-6,15-16H,2,7-13H2,1H3,(H2,21,25)(H,22,27). The molecule has 2 aliphatic heterocycles. The number of likely N-dealkylation sites (tertiary alicyclic amines) is 1. The summed E-state index contributed by atoms with van der Waals surface area (Å²) in [6.07, 6.45) is 2.69. The highest BCUT2D eigenvalue weighted by atomic mass is 16.2. The first-order chi connectivity index (χ1) is 13.0. The lowest BCUT2D eigenvalue weighted by Crippen LogP contribution is -2.48. The molecule has 27 heavy (non-hydrogen) atoms. The fraction of sp³-hybridized carbons (Fsp3) is 0.550. The lowest BCUT2D eigenvalue weighted by molar-refractivity contribution is -0.127. The van der Waals surface area contributed by atoms with E-state index in [1.165, 1.54) is 0 Å². The Hall–Kier alpha value is -2.41. The molecule has 2 saturated heterocycles. The van der Waals surface area contributed by atoms with E-state index in [-0.39, 0.29) is 42.6 Å². The highest BCUT2D eigenvalue weighted by Crippen LogP contribution is 2.28. The zero-order chi connectivity index (χ0) is 19.4. The van der Waals surface area contributed by atoms with Gasteiger partial charge in [-0.05, 0) is 30.9 Å². The highest BCUT2D eigenvalue weighted by Gasteiger charge is 2.36. The Morgan fingerprint density at radius 1 is 1.22 bits per heavy atom. The molecule has 3 rings (SSSR count). The predicted molar refractivity (Wildman–Crippen MR) is 103 cm³/mol. The van der Waals surface area contributed by atoms with Crippen LogP contribution in [-0.4, -0.2) is 54.8 Å². The average molecular weight is 372 g/mol. The van der Waals surface area contributed by atoms with Gasteiger partial charge in [-0.1, -0.05) is 25.1 Å². The first-order valence-corrected chi connectivity index (χ1v) is 9.67. The third-order valence-electron chi connectivity index (χ3n) is 5.47. The molecule has 1 atom stereocenters. The number of amides is 3. The lowest BCUT2D eigenvalue weighted by atomic mass is 10.0. The van der Waals surface area contributed by atoms with Crippen LogP contribution in [-0.2, 0) is 20.8 Å². The molecule has 1 aromatic rings. The van der Waals surface area contributed by atoms with E-state index in [4.69, 9.17) is 5.73 Å². The summed E-state index contributed by atoms with van der Waals surface area (Å²) < 4.78 is 0. The van der Waals surface area contributed by atoms with Crippen LogP contribution in [0.1, 0.15) is 31.7 Å². The minimum absolute atomic E-state index is 0.00678. The van der Waals surface area contributed by atoms with Crippen molar-refractivity contribution in [3.8, 4) is 0 Å². The monoisotopic (exact) mass is 372 g/mol. The second-order valence-corrected chi connectivity index (χ2v) is 7.41. The number of para-hydroxylation sites is 1. The molecule has 3 N–H and O–H groups in total. The van der Waals surface area contributed by atoms with E-state index < -0.39 is 0 Å². The molecule has 0 spiro atoms. The van der Waals surface area contributed by atoms with Gasteiger partial charge in [0, 0.05) is 37.8 Å². The molecular formula is C20H28N4O3. The Morgan fingerprint density at radius 3 is 2.59 bits per heavy atom. The van der Waals surface area contributed by atoms with Crippen LogP contribution in [0.25, 0.3) is 0 Å². The number of rotatable bonds is 6. The largest absolute Gasteiger partial charge is 0.369 e. The highest BCUT2D eigenvalue weighted by molar-refractivity contribution is 6.00. The smallest absolute Gasteiger partial charge is 0.231 e. The first-order valence-electron chi connectivity index (χ1n) is 9.67. The second-order valence-electron chi connectivity index (χ2n) is 7.41. The first kappa shape index (κ1) is 19.4. The molecule has 7 heteroatoms. The lowest BCUT2D eigenvalue weighted by Gasteiger charge is -2.32. The fourth-order valence-corrected chi connectivity index (χ4v) is 3.96. The zero-order valence-corrected chi connectivity index (χ0v) is 15.8. The molecule has 0 aromatic heterocycles. The van der Waals surface area contributed by atoms with Gasteiger partial charge in [-0.3, -0.25) is 19.3 Å². The van der Waals surface area contributed by atoms with E-state index in [0.717, 1.165) is 43.6 Å². The molecule has 0 saturated carbocycles. The molecule has 146 valence electrons. The number of carbonyl (C=O) groups is 3. The van der Waals surface area contributed by atoms with E-state index in [1.54, 1.807) is 4.90 Å². The van der Waals surface area contributed by atoms with Crippen LogP contribution in [0.5, 0.6) is 0 Å². The molecule has 0 radical (unpaired) electrons. The number of benzene rings is 1. The molecule has 1 aromatic carbocycles. The van der Waals surface area contributed by atoms with Crippen molar-refractivity contribution in [3.05, 3.63) is 29.8 Å². The molecule has 2 fully saturated rings. The van der Waals surface area contributed by atoms with Crippen LogP contribution in [0.2, 0.25) is 0 Å². The Morgan fingerprint density at radius 2 is 1.93 bits per heavy atom. The average Bonchev–Trinajstić information content (AvgIpc) is 3.04. The van der Waals surface area contributed by atoms with Gasteiger partial charge in [0.25, 0.3) is 0 Å². The number of nitrogens with two attached hydrogens (primary N) is 1. The van der Waals surface area contributed by atoms with Crippen molar-refractivity contribution in [2.75, 3.05) is 31.1 Å². The van der Waals surface area contributed by atoms with Crippen LogP contribution >= 0.6 is 0 Å². The number of piperidine rings is 1. The molecule has 2 aliphatic rings. The molecule has 1 unspecified atom stereocenters. The normalized spacial score (nSPS) is 21.4. The molecule has 0 aliphatic carbocycles. The summed E-state index contributed by atoms with van der Waals surface area (Å²) in [4.78, 5) is 39.9. The maximum atomic E-state index is 12.7. The summed E-state index contributed by atoms with van der Waals surface area (Å²) in [5.41, 5.74) is 7.27. The van der Waals surface area contributed by atoms with E-state index in [9.17, 15) is 14.4 Å². The number of carbonyl (C=O) groups excluding carboxylic acids is 3. The van der Waals surface area contributed by atoms with Crippen molar-refractivity contribution >= 4 is 23.4 Å². The third-order valence-corrected chi connectivity index (χ3v) is 5.47. The molecular weight excluding hydrogens is 344 g/mol. The summed E-state index contributed by atoms with van der Waals surface area (Å²) in [7, 11) is 0. The van der Waals surface area contributed by atoms with Gasteiger partial charge < -0.3 is 16.0 Å². The minimum Gasteiger partial charge on any atom is -0.369 e. The molecule has 3 amide bonds. The summed E-state index contributed by atoms with van der Waals surface area (Å²) in [5.74, 6) is -0.680. The number of hydrogen-bond acceptors (Lipinski definition) is 4. The van der Waals surface area contributed by atoms with E-state index in [1.807, 2.05) is 29.2 Å². The maximum Gasteiger partial charge on any atom is 0.231 e. The molecule has 2 heterocycles. The van der Waals surface area contributed by atoms with E-state index >= 15 is 0 Å². The molecule has 7 nitrogen and oxygen atoms in total. The summed E-state index contributed by atoms with van der Waals surface area (Å²) in [6, 6.07) is 7.96. The zero-order valence-electron chi connectivity index (χ0n) is 15.8. The summed E-state index contributed by atoms with van der Waals surface area (Å²) in [5, 5.41) is 3.10. The Balaban J connectivity index is 1.55. The molecule has 0 bridgehead atoms. The Kier molecular flexibility index (Phi) is 6.11. The number of primary amides is 1. The van der Waals surface area contributed by atoms with Gasteiger partial charge in [0.15, 0.2) is 0 Å². The fourth-order valence-electron chi connectivity index (χ4n) is 3.96. The number of nitrogens with zero attached hydrogens (tertiary/aromatic N) is 2. The van der Waals surface area contributed by atoms with Crippen molar-refractivity contribution < 1.29 is 14.4 Å². The van der Waals surface area contributed by atoms with Crippen molar-refractivity contribution in [2.45, 2.75) is 38.6 Å². The second kappa shape index (κ2) is 8.52. The van der Waals surface area contributed by atoms with Gasteiger partial charge in [-0.2, -0.15) is 0 Å². The van der Waals surface area contributed by atoms with Crippen molar-refractivity contribution in [2.24, 2.45) is 11.7 Å². The Bertz CT molecular complexity index is 713. The van der Waals surface area contributed by atoms with Crippen LogP contribution in [0.4, 0.5) is 5.69 Å². The van der Waals surface area contributed by atoms with Gasteiger partial charge in [0.05, 0.1) is 12.5 Å². The van der Waals surface area contributed by atoms with Crippen LogP contribution < -0.4 is 16.0 Å². The van der Waals surface area contributed by atoms with Crippen molar-refractivity contribution in [3.63, 3.8) is 0 Å². The number of nitrogens with one attached hydrogen (secondary N) is 1. The van der Waals surface area contributed by atoms with Gasteiger partial charge in [0.2, 0.25) is 17.7 Å². The van der Waals surface area contributed by atoms with Crippen molar-refractivity contribution in [1.82, 2.24) is 10.2 Å². The van der Waals surface area contributed by atoms with Crippen LogP contribution in [0, 0.1) is 5.92 Å². The third kappa shape index (κ3) is 4.66. The van der Waals surface area contributed by atoms with Gasteiger partial charge in [-0.15, -0.1) is 0 Å². The Labute approximate surface area is 159 Å². The van der Waals surface area contributed by atoms with E-state index in [2.05, 4.69) is 12.2 Å². The SMILES string of the molecule is CCc1ccccc1N1CC(C(=O)NC2CCN(CC(N)=O)CC2)CC1=O. The van der Waals surface area contributed by atoms with Gasteiger partial charge >= 0.3 is 0 Å². The van der Waals surface area contributed by atoms with Gasteiger partial charge in [0.1, 0.15) is 0 Å². The quantitative estimate of drug-likeness (QED) is 0.767. The number of hydrogen-bond donors (Lipinski definition) is 2. The van der Waals surface area contributed by atoms with Crippen LogP contribution in [0.15, 0.2) is 24.3 Å². The number of aryl methyl sites for hydroxylation is 1. The van der Waals surface area contributed by atoms with Crippen molar-refractivity contribution in [1.29, 1.82) is 0 Å². The summed E-state index contributed by atoms with van der Waals surface area (Å²) >= 11 is 0. The number of anilines is 1.